The third kappa shape index (κ3) is 5.93. The Morgan fingerprint density at radius 2 is 1.94 bits per heavy atom. The molecule has 0 aromatic carbocycles. The molecule has 0 aromatic rings. The molecule has 0 amide bonds. The van der Waals surface area contributed by atoms with E-state index in [4.69, 9.17) is 5.73 Å². The maximum atomic E-state index is 5.80. The zero-order chi connectivity index (χ0) is 12.0. The molecule has 102 valence electrons. The fourth-order valence-electron chi connectivity index (χ4n) is 2.43. The number of guanidine groups is 1. The molecule has 1 fully saturated rings. The minimum absolute atomic E-state index is 0. The minimum atomic E-state index is 0. The first-order valence-corrected chi connectivity index (χ1v) is 6.60. The molecule has 0 unspecified atom stereocenters. The average Bonchev–Trinajstić information content (AvgIpc) is 2.77. The molecular formula is C13H28IN3. The summed E-state index contributed by atoms with van der Waals surface area (Å²) in [4.78, 5) is 4.46. The largest absolute Gasteiger partial charge is 0.370 e. The van der Waals surface area contributed by atoms with E-state index in [0.29, 0.717) is 11.4 Å². The zero-order valence-corrected chi connectivity index (χ0v) is 13.8. The summed E-state index contributed by atoms with van der Waals surface area (Å²) in [6.07, 6.45) is 6.60. The second kappa shape index (κ2) is 8.16. The summed E-state index contributed by atoms with van der Waals surface area (Å²) < 4.78 is 0. The minimum Gasteiger partial charge on any atom is -0.370 e. The van der Waals surface area contributed by atoms with Gasteiger partial charge in [0.25, 0.3) is 0 Å². The molecule has 1 aliphatic carbocycles. The highest BCUT2D eigenvalue weighted by Gasteiger charge is 2.31. The standard InChI is InChI=1S/C13H27N3.HI/c1-4-9-15-12(14)16-10-13(2,3)11-7-5-6-8-11;/h11H,4-10H2,1-3H3,(H3,14,15,16);1H. The number of nitrogens with zero attached hydrogens (tertiary/aromatic N) is 1. The van der Waals surface area contributed by atoms with Gasteiger partial charge in [0.2, 0.25) is 0 Å². The second-order valence-corrected chi connectivity index (χ2v) is 5.60. The SMILES string of the molecule is CCCNC(N)=NCC(C)(C)C1CCCC1.I. The summed E-state index contributed by atoms with van der Waals surface area (Å²) >= 11 is 0. The molecule has 1 aliphatic rings. The van der Waals surface area contributed by atoms with E-state index in [1.807, 2.05) is 0 Å². The van der Waals surface area contributed by atoms with Gasteiger partial charge in [-0.3, -0.25) is 4.99 Å². The van der Waals surface area contributed by atoms with Crippen molar-refractivity contribution in [3.63, 3.8) is 0 Å². The summed E-state index contributed by atoms with van der Waals surface area (Å²) in [5.74, 6) is 1.43. The topological polar surface area (TPSA) is 50.4 Å². The van der Waals surface area contributed by atoms with Crippen molar-refractivity contribution in [2.75, 3.05) is 13.1 Å². The summed E-state index contributed by atoms with van der Waals surface area (Å²) in [6, 6.07) is 0. The van der Waals surface area contributed by atoms with Crippen LogP contribution in [0.4, 0.5) is 0 Å². The van der Waals surface area contributed by atoms with E-state index in [0.717, 1.165) is 25.4 Å². The monoisotopic (exact) mass is 353 g/mol. The molecule has 0 atom stereocenters. The van der Waals surface area contributed by atoms with Crippen LogP contribution in [0.2, 0.25) is 0 Å². The molecule has 0 saturated heterocycles. The Kier molecular flexibility index (Phi) is 8.16. The van der Waals surface area contributed by atoms with E-state index in [1.54, 1.807) is 0 Å². The van der Waals surface area contributed by atoms with Crippen molar-refractivity contribution in [2.45, 2.75) is 52.9 Å². The lowest BCUT2D eigenvalue weighted by atomic mass is 9.78. The lowest BCUT2D eigenvalue weighted by Gasteiger charge is -2.29. The van der Waals surface area contributed by atoms with Crippen LogP contribution in [0, 0.1) is 11.3 Å². The molecule has 0 radical (unpaired) electrons. The highest BCUT2D eigenvalue weighted by atomic mass is 127. The van der Waals surface area contributed by atoms with Crippen LogP contribution in [-0.4, -0.2) is 19.0 Å². The predicted octanol–water partition coefficient (Wildman–Crippen LogP) is 3.14. The Hall–Kier alpha value is 0. The van der Waals surface area contributed by atoms with E-state index in [-0.39, 0.29) is 24.0 Å². The summed E-state index contributed by atoms with van der Waals surface area (Å²) in [6.45, 7) is 8.53. The smallest absolute Gasteiger partial charge is 0.188 e. The van der Waals surface area contributed by atoms with E-state index in [9.17, 15) is 0 Å². The molecular weight excluding hydrogens is 325 g/mol. The first-order chi connectivity index (χ1) is 7.56. The van der Waals surface area contributed by atoms with Crippen LogP contribution in [0.15, 0.2) is 4.99 Å². The van der Waals surface area contributed by atoms with Gasteiger partial charge in [-0.1, -0.05) is 33.6 Å². The molecule has 0 aliphatic heterocycles. The van der Waals surface area contributed by atoms with E-state index < -0.39 is 0 Å². The lowest BCUT2D eigenvalue weighted by molar-refractivity contribution is 0.228. The van der Waals surface area contributed by atoms with Gasteiger partial charge in [-0.2, -0.15) is 0 Å². The molecule has 17 heavy (non-hydrogen) atoms. The van der Waals surface area contributed by atoms with Crippen LogP contribution < -0.4 is 11.1 Å². The van der Waals surface area contributed by atoms with E-state index in [1.165, 1.54) is 25.7 Å². The summed E-state index contributed by atoms with van der Waals surface area (Å²) in [7, 11) is 0. The molecule has 1 saturated carbocycles. The van der Waals surface area contributed by atoms with Crippen LogP contribution in [0.1, 0.15) is 52.9 Å². The van der Waals surface area contributed by atoms with Crippen molar-refractivity contribution in [1.29, 1.82) is 0 Å². The third-order valence-corrected chi connectivity index (χ3v) is 3.67. The number of halogens is 1. The fraction of sp³-hybridized carbons (Fsp3) is 0.923. The Bertz CT molecular complexity index is 233. The number of aliphatic imine (C=N–C) groups is 1. The molecule has 3 nitrogen and oxygen atoms in total. The Morgan fingerprint density at radius 1 is 1.35 bits per heavy atom. The van der Waals surface area contributed by atoms with Gasteiger partial charge in [0.1, 0.15) is 0 Å². The van der Waals surface area contributed by atoms with Crippen LogP contribution >= 0.6 is 24.0 Å². The molecule has 0 bridgehead atoms. The number of hydrogen-bond donors (Lipinski definition) is 2. The summed E-state index contributed by atoms with van der Waals surface area (Å²) in [5, 5.41) is 3.12. The van der Waals surface area contributed by atoms with Gasteiger partial charge >= 0.3 is 0 Å². The first-order valence-electron chi connectivity index (χ1n) is 6.60. The number of nitrogens with one attached hydrogen (secondary N) is 1. The Balaban J connectivity index is 0.00000256. The van der Waals surface area contributed by atoms with Crippen molar-refractivity contribution in [3.8, 4) is 0 Å². The average molecular weight is 353 g/mol. The highest BCUT2D eigenvalue weighted by Crippen LogP contribution is 2.39. The maximum absolute atomic E-state index is 5.80. The Morgan fingerprint density at radius 3 is 2.47 bits per heavy atom. The van der Waals surface area contributed by atoms with E-state index >= 15 is 0 Å². The van der Waals surface area contributed by atoms with Gasteiger partial charge in [-0.05, 0) is 30.6 Å². The molecule has 0 heterocycles. The first kappa shape index (κ1) is 17.0. The lowest BCUT2D eigenvalue weighted by Crippen LogP contribution is -2.34. The van der Waals surface area contributed by atoms with Crippen molar-refractivity contribution >= 4 is 29.9 Å². The van der Waals surface area contributed by atoms with Gasteiger partial charge in [-0.25, -0.2) is 0 Å². The molecule has 3 N–H and O–H groups in total. The maximum Gasteiger partial charge on any atom is 0.188 e. The molecule has 4 heteroatoms. The van der Waals surface area contributed by atoms with Crippen LogP contribution in [0.5, 0.6) is 0 Å². The number of nitrogens with two attached hydrogens (primary N) is 1. The van der Waals surface area contributed by atoms with Crippen molar-refractivity contribution in [1.82, 2.24) is 5.32 Å². The fourth-order valence-corrected chi connectivity index (χ4v) is 2.43. The number of rotatable bonds is 5. The van der Waals surface area contributed by atoms with Gasteiger partial charge in [0.15, 0.2) is 5.96 Å². The van der Waals surface area contributed by atoms with Crippen molar-refractivity contribution in [2.24, 2.45) is 22.1 Å². The normalized spacial score (nSPS) is 17.9. The molecule has 0 spiro atoms. The third-order valence-electron chi connectivity index (χ3n) is 3.67. The van der Waals surface area contributed by atoms with Gasteiger partial charge in [0, 0.05) is 13.1 Å². The van der Waals surface area contributed by atoms with Gasteiger partial charge in [-0.15, -0.1) is 24.0 Å². The van der Waals surface area contributed by atoms with Gasteiger partial charge in [0.05, 0.1) is 0 Å². The number of hydrogen-bond acceptors (Lipinski definition) is 1. The summed E-state index contributed by atoms with van der Waals surface area (Å²) in [5.41, 5.74) is 6.11. The van der Waals surface area contributed by atoms with Crippen LogP contribution in [-0.2, 0) is 0 Å². The second-order valence-electron chi connectivity index (χ2n) is 5.60. The van der Waals surface area contributed by atoms with Crippen molar-refractivity contribution < 1.29 is 0 Å². The quantitative estimate of drug-likeness (QED) is 0.453. The van der Waals surface area contributed by atoms with Crippen molar-refractivity contribution in [3.05, 3.63) is 0 Å². The predicted molar refractivity (Wildman–Crippen MR) is 85.9 cm³/mol. The van der Waals surface area contributed by atoms with Crippen LogP contribution in [0.25, 0.3) is 0 Å². The zero-order valence-electron chi connectivity index (χ0n) is 11.5. The van der Waals surface area contributed by atoms with Gasteiger partial charge < -0.3 is 11.1 Å². The van der Waals surface area contributed by atoms with E-state index in [2.05, 4.69) is 31.1 Å². The highest BCUT2D eigenvalue weighted by molar-refractivity contribution is 14.0. The molecule has 1 rings (SSSR count). The molecule has 0 aromatic heterocycles. The van der Waals surface area contributed by atoms with Crippen LogP contribution in [0.3, 0.4) is 0 Å². The Labute approximate surface area is 123 Å².